The van der Waals surface area contributed by atoms with E-state index in [1.54, 1.807) is 12.1 Å². The zero-order valence-electron chi connectivity index (χ0n) is 9.66. The van der Waals surface area contributed by atoms with Crippen LogP contribution in [0.1, 0.15) is 12.8 Å². The molecule has 1 aliphatic carbocycles. The SMILES string of the molecule is Nc1cc2c(cc1NC(=O)C1CC1)NC(=O)CO2. The maximum atomic E-state index is 11.7. The van der Waals surface area contributed by atoms with Crippen molar-refractivity contribution in [2.45, 2.75) is 12.8 Å². The molecule has 1 aliphatic heterocycles. The molecule has 1 aromatic carbocycles. The lowest BCUT2D eigenvalue weighted by Crippen LogP contribution is -2.25. The van der Waals surface area contributed by atoms with Gasteiger partial charge in [-0.3, -0.25) is 9.59 Å². The predicted octanol–water partition coefficient (Wildman–Crippen LogP) is 0.948. The number of fused-ring (bicyclic) bond motifs is 1. The first-order valence-corrected chi connectivity index (χ1v) is 5.80. The standard InChI is InChI=1S/C12H13N3O3/c13-7-3-10-9(14-11(16)5-18-10)4-8(7)15-12(17)6-1-2-6/h3-4,6H,1-2,5,13H2,(H,14,16)(H,15,17). The first kappa shape index (κ1) is 10.9. The number of nitrogens with two attached hydrogens (primary N) is 1. The molecule has 4 N–H and O–H groups in total. The highest BCUT2D eigenvalue weighted by Gasteiger charge is 2.30. The number of carbonyl (C=O) groups excluding carboxylic acids is 2. The fourth-order valence-corrected chi connectivity index (χ4v) is 1.83. The van der Waals surface area contributed by atoms with E-state index in [9.17, 15) is 9.59 Å². The van der Waals surface area contributed by atoms with Gasteiger partial charge < -0.3 is 21.1 Å². The molecule has 1 fully saturated rings. The van der Waals surface area contributed by atoms with Crippen LogP contribution in [0.2, 0.25) is 0 Å². The number of carbonyl (C=O) groups is 2. The van der Waals surface area contributed by atoms with Gasteiger partial charge in [-0.1, -0.05) is 0 Å². The third kappa shape index (κ3) is 1.97. The van der Waals surface area contributed by atoms with Gasteiger partial charge in [0.15, 0.2) is 6.61 Å². The monoisotopic (exact) mass is 247 g/mol. The largest absolute Gasteiger partial charge is 0.482 e. The van der Waals surface area contributed by atoms with Crippen LogP contribution in [-0.4, -0.2) is 18.4 Å². The van der Waals surface area contributed by atoms with E-state index in [1.807, 2.05) is 0 Å². The minimum atomic E-state index is -0.216. The highest BCUT2D eigenvalue weighted by atomic mass is 16.5. The van der Waals surface area contributed by atoms with Crippen molar-refractivity contribution in [3.63, 3.8) is 0 Å². The third-order valence-corrected chi connectivity index (χ3v) is 2.99. The molecule has 18 heavy (non-hydrogen) atoms. The molecule has 0 bridgehead atoms. The Morgan fingerprint density at radius 2 is 2.22 bits per heavy atom. The molecule has 1 heterocycles. The lowest BCUT2D eigenvalue weighted by atomic mass is 10.2. The minimum absolute atomic E-state index is 0.0137. The van der Waals surface area contributed by atoms with Gasteiger partial charge in [-0.25, -0.2) is 0 Å². The summed E-state index contributed by atoms with van der Waals surface area (Å²) < 4.78 is 5.23. The maximum absolute atomic E-state index is 11.7. The van der Waals surface area contributed by atoms with Crippen LogP contribution in [0.25, 0.3) is 0 Å². The van der Waals surface area contributed by atoms with Crippen molar-refractivity contribution in [1.82, 2.24) is 0 Å². The normalized spacial score (nSPS) is 17.4. The first-order chi connectivity index (χ1) is 8.63. The van der Waals surface area contributed by atoms with Gasteiger partial charge in [0.1, 0.15) is 5.75 Å². The Kier molecular flexibility index (Phi) is 2.36. The van der Waals surface area contributed by atoms with E-state index in [0.29, 0.717) is 22.8 Å². The number of benzene rings is 1. The summed E-state index contributed by atoms with van der Waals surface area (Å²) in [6, 6.07) is 3.24. The molecule has 2 aliphatic rings. The Bertz CT molecular complexity index is 538. The fraction of sp³-hybridized carbons (Fsp3) is 0.333. The Balaban J connectivity index is 1.87. The molecule has 0 unspecified atom stereocenters. The maximum Gasteiger partial charge on any atom is 0.262 e. The molecule has 6 nitrogen and oxygen atoms in total. The molecular formula is C12H13N3O3. The number of hydrogen-bond donors (Lipinski definition) is 3. The molecule has 0 radical (unpaired) electrons. The van der Waals surface area contributed by atoms with Gasteiger partial charge in [-0.15, -0.1) is 0 Å². The van der Waals surface area contributed by atoms with Gasteiger partial charge in [-0.05, 0) is 18.9 Å². The summed E-state index contributed by atoms with van der Waals surface area (Å²) in [4.78, 5) is 22.9. The molecule has 2 amide bonds. The quantitative estimate of drug-likeness (QED) is 0.678. The number of hydrogen-bond acceptors (Lipinski definition) is 4. The molecule has 0 atom stereocenters. The third-order valence-electron chi connectivity index (χ3n) is 2.99. The highest BCUT2D eigenvalue weighted by Crippen LogP contribution is 2.36. The Hall–Kier alpha value is -2.24. The Morgan fingerprint density at radius 1 is 1.44 bits per heavy atom. The van der Waals surface area contributed by atoms with Crippen LogP contribution in [0.4, 0.5) is 17.1 Å². The minimum Gasteiger partial charge on any atom is -0.482 e. The summed E-state index contributed by atoms with van der Waals surface area (Å²) >= 11 is 0. The van der Waals surface area contributed by atoms with Gasteiger partial charge in [0.25, 0.3) is 5.91 Å². The van der Waals surface area contributed by atoms with Crippen LogP contribution in [0.5, 0.6) is 5.75 Å². The average Bonchev–Trinajstić information content (AvgIpc) is 3.14. The van der Waals surface area contributed by atoms with Gasteiger partial charge in [-0.2, -0.15) is 0 Å². The van der Waals surface area contributed by atoms with Gasteiger partial charge in [0.2, 0.25) is 5.91 Å². The molecule has 6 heteroatoms. The number of anilines is 3. The summed E-state index contributed by atoms with van der Waals surface area (Å²) in [5.74, 6) is 0.388. The molecule has 3 rings (SSSR count). The zero-order valence-corrected chi connectivity index (χ0v) is 9.66. The summed E-state index contributed by atoms with van der Waals surface area (Å²) in [6.45, 7) is -0.0137. The van der Waals surface area contributed by atoms with E-state index in [0.717, 1.165) is 12.8 Å². The van der Waals surface area contributed by atoms with Crippen LogP contribution in [-0.2, 0) is 9.59 Å². The summed E-state index contributed by atoms with van der Waals surface area (Å²) in [5, 5.41) is 5.44. The van der Waals surface area contributed by atoms with E-state index in [-0.39, 0.29) is 24.3 Å². The number of amides is 2. The van der Waals surface area contributed by atoms with Crippen LogP contribution in [0, 0.1) is 5.92 Å². The smallest absolute Gasteiger partial charge is 0.262 e. The Labute approximate surface area is 103 Å². The number of ether oxygens (including phenoxy) is 1. The average molecular weight is 247 g/mol. The van der Waals surface area contributed by atoms with Crippen molar-refractivity contribution in [3.05, 3.63) is 12.1 Å². The second-order valence-corrected chi connectivity index (χ2v) is 4.54. The second-order valence-electron chi connectivity index (χ2n) is 4.54. The molecule has 0 saturated heterocycles. The van der Waals surface area contributed by atoms with Crippen molar-refractivity contribution in [2.75, 3.05) is 23.0 Å². The summed E-state index contributed by atoms with van der Waals surface area (Å²) in [6.07, 6.45) is 1.85. The van der Waals surface area contributed by atoms with Crippen molar-refractivity contribution < 1.29 is 14.3 Å². The van der Waals surface area contributed by atoms with Crippen molar-refractivity contribution in [2.24, 2.45) is 5.92 Å². The molecule has 0 spiro atoms. The predicted molar refractivity (Wildman–Crippen MR) is 66.3 cm³/mol. The molecule has 94 valence electrons. The molecule has 1 aromatic rings. The van der Waals surface area contributed by atoms with Gasteiger partial charge >= 0.3 is 0 Å². The van der Waals surface area contributed by atoms with Crippen molar-refractivity contribution in [3.8, 4) is 5.75 Å². The van der Waals surface area contributed by atoms with Crippen LogP contribution in [0.3, 0.4) is 0 Å². The molecule has 0 aromatic heterocycles. The highest BCUT2D eigenvalue weighted by molar-refractivity contribution is 6.01. The van der Waals surface area contributed by atoms with Gasteiger partial charge in [0, 0.05) is 12.0 Å². The summed E-state index contributed by atoms with van der Waals surface area (Å²) in [5.41, 5.74) is 7.31. The number of nitrogens with one attached hydrogen (secondary N) is 2. The lowest BCUT2D eigenvalue weighted by Gasteiger charge is -2.20. The molecular weight excluding hydrogens is 234 g/mol. The topological polar surface area (TPSA) is 93.5 Å². The first-order valence-electron chi connectivity index (χ1n) is 5.80. The van der Waals surface area contributed by atoms with E-state index in [1.165, 1.54) is 0 Å². The Morgan fingerprint density at radius 3 is 2.94 bits per heavy atom. The van der Waals surface area contributed by atoms with Crippen LogP contribution in [0.15, 0.2) is 12.1 Å². The molecule has 1 saturated carbocycles. The zero-order chi connectivity index (χ0) is 12.7. The van der Waals surface area contributed by atoms with E-state index >= 15 is 0 Å². The number of rotatable bonds is 2. The van der Waals surface area contributed by atoms with Crippen LogP contribution < -0.4 is 21.1 Å². The van der Waals surface area contributed by atoms with E-state index in [4.69, 9.17) is 10.5 Å². The fourth-order valence-electron chi connectivity index (χ4n) is 1.83. The van der Waals surface area contributed by atoms with E-state index in [2.05, 4.69) is 10.6 Å². The van der Waals surface area contributed by atoms with E-state index < -0.39 is 0 Å². The second kappa shape index (κ2) is 3.90. The number of nitrogen functional groups attached to an aromatic ring is 1. The van der Waals surface area contributed by atoms with Gasteiger partial charge in [0.05, 0.1) is 17.1 Å². The lowest BCUT2D eigenvalue weighted by molar-refractivity contribution is -0.118. The van der Waals surface area contributed by atoms with Crippen LogP contribution >= 0.6 is 0 Å². The van der Waals surface area contributed by atoms with Crippen molar-refractivity contribution >= 4 is 28.9 Å². The summed E-state index contributed by atoms with van der Waals surface area (Å²) in [7, 11) is 0. The van der Waals surface area contributed by atoms with Crippen molar-refractivity contribution in [1.29, 1.82) is 0 Å².